The van der Waals surface area contributed by atoms with Crippen molar-refractivity contribution in [3.8, 4) is 0 Å². The zero-order valence-electron chi connectivity index (χ0n) is 18.7. The van der Waals surface area contributed by atoms with Gasteiger partial charge in [-0.3, -0.25) is 9.59 Å². The van der Waals surface area contributed by atoms with Gasteiger partial charge in [-0.25, -0.2) is 9.18 Å². The lowest BCUT2D eigenvalue weighted by Crippen LogP contribution is -2.35. The third-order valence-corrected chi connectivity index (χ3v) is 5.56. The minimum Gasteiger partial charge on any atom is -0.507 e. The molecule has 1 saturated heterocycles. The second-order valence-corrected chi connectivity index (χ2v) is 7.97. The van der Waals surface area contributed by atoms with Crippen molar-refractivity contribution in [3.05, 3.63) is 63.7 Å². The fourth-order valence-corrected chi connectivity index (χ4v) is 3.99. The number of aromatic nitrogens is 1. The lowest BCUT2D eigenvalue weighted by molar-refractivity contribution is -0.140. The number of aromatic amines is 1. The maximum atomic E-state index is 14.0. The maximum absolute atomic E-state index is 14.0. The maximum Gasteiger partial charge on any atom is 0.354 e. The molecule has 1 fully saturated rings. The molecule has 2 aromatic rings. The van der Waals surface area contributed by atoms with Crippen LogP contribution in [0.3, 0.4) is 0 Å². The van der Waals surface area contributed by atoms with E-state index in [1.54, 1.807) is 19.9 Å². The first-order chi connectivity index (χ1) is 15.1. The van der Waals surface area contributed by atoms with E-state index in [0.29, 0.717) is 23.4 Å². The molecule has 32 heavy (non-hydrogen) atoms. The summed E-state index contributed by atoms with van der Waals surface area (Å²) in [6.45, 7) is 3.90. The Labute approximate surface area is 185 Å². The Bertz CT molecular complexity index is 1120. The first-order valence-electron chi connectivity index (χ1n) is 10.0. The molecular weight excluding hydrogens is 417 g/mol. The monoisotopic (exact) mass is 443 g/mol. The number of amides is 1. The largest absolute Gasteiger partial charge is 0.507 e. The van der Waals surface area contributed by atoms with Gasteiger partial charge in [0.1, 0.15) is 17.3 Å². The second kappa shape index (κ2) is 8.96. The summed E-state index contributed by atoms with van der Waals surface area (Å²) in [5, 5.41) is 11.2. The fraction of sp³-hybridized carbons (Fsp3) is 0.348. The highest BCUT2D eigenvalue weighted by atomic mass is 19.1. The standard InChI is InChI=1S/C23H26FN3O5/c1-12-16(13(2)25-18(12)23(31)32-5)20(28)17-19(14-7-6-8-15(24)11-14)27(10-9-26(3)4)22(30)21(17)29/h6-8,11,19,25,28H,9-10H2,1-5H3/t19-/m1/s1. The molecule has 0 radical (unpaired) electrons. The number of Topliss-reactive ketones (excluding diaryl/α,β-unsaturated/α-hetero) is 1. The van der Waals surface area contributed by atoms with Gasteiger partial charge in [-0.15, -0.1) is 0 Å². The van der Waals surface area contributed by atoms with E-state index >= 15 is 0 Å². The smallest absolute Gasteiger partial charge is 0.354 e. The molecule has 1 aromatic heterocycles. The highest BCUT2D eigenvalue weighted by Crippen LogP contribution is 2.40. The van der Waals surface area contributed by atoms with Crippen molar-refractivity contribution < 1.29 is 28.6 Å². The van der Waals surface area contributed by atoms with E-state index in [0.717, 1.165) is 0 Å². The molecule has 8 nitrogen and oxygen atoms in total. The molecule has 3 rings (SSSR count). The number of aliphatic hydroxyl groups excluding tert-OH is 1. The van der Waals surface area contributed by atoms with Crippen molar-refractivity contribution >= 4 is 23.4 Å². The lowest BCUT2D eigenvalue weighted by atomic mass is 9.94. The highest BCUT2D eigenvalue weighted by molar-refractivity contribution is 6.46. The van der Waals surface area contributed by atoms with E-state index in [2.05, 4.69) is 4.98 Å². The van der Waals surface area contributed by atoms with Gasteiger partial charge in [-0.05, 0) is 51.2 Å². The van der Waals surface area contributed by atoms with Crippen LogP contribution in [-0.2, 0) is 14.3 Å². The van der Waals surface area contributed by atoms with Crippen LogP contribution in [0.4, 0.5) is 4.39 Å². The highest BCUT2D eigenvalue weighted by Gasteiger charge is 2.46. The van der Waals surface area contributed by atoms with E-state index in [-0.39, 0.29) is 23.4 Å². The number of likely N-dealkylation sites (N-methyl/N-ethyl adjacent to an activating group) is 1. The summed E-state index contributed by atoms with van der Waals surface area (Å²) in [7, 11) is 4.89. The Morgan fingerprint density at radius 3 is 2.56 bits per heavy atom. The second-order valence-electron chi connectivity index (χ2n) is 7.97. The molecule has 0 spiro atoms. The number of ether oxygens (including phenoxy) is 1. The number of nitrogens with one attached hydrogen (secondary N) is 1. The van der Waals surface area contributed by atoms with Gasteiger partial charge in [0, 0.05) is 24.3 Å². The number of halogens is 1. The number of benzene rings is 1. The van der Waals surface area contributed by atoms with Gasteiger partial charge in [0.2, 0.25) is 0 Å². The number of carbonyl (C=O) groups excluding carboxylic acids is 3. The molecule has 1 atom stereocenters. The van der Waals surface area contributed by atoms with E-state index in [9.17, 15) is 23.9 Å². The third-order valence-electron chi connectivity index (χ3n) is 5.56. The Morgan fingerprint density at radius 1 is 1.28 bits per heavy atom. The van der Waals surface area contributed by atoms with Gasteiger partial charge < -0.3 is 24.6 Å². The summed E-state index contributed by atoms with van der Waals surface area (Å²) in [5.74, 6) is -3.22. The van der Waals surface area contributed by atoms with E-state index in [1.165, 1.54) is 30.2 Å². The predicted molar refractivity (Wildman–Crippen MR) is 116 cm³/mol. The molecule has 1 aliphatic heterocycles. The molecule has 1 aromatic carbocycles. The molecule has 0 unspecified atom stereocenters. The zero-order valence-corrected chi connectivity index (χ0v) is 18.7. The Kier molecular flexibility index (Phi) is 6.50. The van der Waals surface area contributed by atoms with Crippen LogP contribution in [0.1, 0.15) is 38.9 Å². The van der Waals surface area contributed by atoms with Crippen molar-refractivity contribution in [1.82, 2.24) is 14.8 Å². The average molecular weight is 443 g/mol. The Hall–Kier alpha value is -3.46. The zero-order chi connectivity index (χ0) is 23.7. The van der Waals surface area contributed by atoms with Gasteiger partial charge >= 0.3 is 5.97 Å². The third kappa shape index (κ3) is 4.03. The SMILES string of the molecule is COC(=O)c1[nH]c(C)c(C(O)=C2C(=O)C(=O)N(CCN(C)C)[C@@H]2c2cccc(F)c2)c1C. The van der Waals surface area contributed by atoms with Crippen molar-refractivity contribution in [2.24, 2.45) is 0 Å². The number of carbonyl (C=O) groups is 3. The van der Waals surface area contributed by atoms with Gasteiger partial charge in [0.15, 0.2) is 0 Å². The summed E-state index contributed by atoms with van der Waals surface area (Å²) >= 11 is 0. The van der Waals surface area contributed by atoms with Gasteiger partial charge in [-0.2, -0.15) is 0 Å². The van der Waals surface area contributed by atoms with E-state index < -0.39 is 35.3 Å². The number of H-pyrrole nitrogens is 1. The molecule has 170 valence electrons. The summed E-state index contributed by atoms with van der Waals surface area (Å²) < 4.78 is 18.8. The van der Waals surface area contributed by atoms with Crippen LogP contribution >= 0.6 is 0 Å². The first-order valence-corrected chi connectivity index (χ1v) is 10.0. The minimum atomic E-state index is -0.971. The van der Waals surface area contributed by atoms with Crippen LogP contribution in [0.25, 0.3) is 5.76 Å². The number of aliphatic hydroxyl groups is 1. The van der Waals surface area contributed by atoms with Crippen LogP contribution in [0.2, 0.25) is 0 Å². The number of hydrogen-bond acceptors (Lipinski definition) is 6. The van der Waals surface area contributed by atoms with Crippen LogP contribution in [0.15, 0.2) is 29.8 Å². The number of ketones is 1. The molecule has 2 heterocycles. The summed E-state index contributed by atoms with van der Waals surface area (Å²) in [4.78, 5) is 44.1. The fourth-order valence-electron chi connectivity index (χ4n) is 3.99. The van der Waals surface area contributed by atoms with Gasteiger partial charge in [-0.1, -0.05) is 12.1 Å². The number of esters is 1. The molecular formula is C23H26FN3O5. The summed E-state index contributed by atoms with van der Waals surface area (Å²) in [5.41, 5.74) is 1.39. The first kappa shape index (κ1) is 23.2. The van der Waals surface area contributed by atoms with Crippen molar-refractivity contribution in [3.63, 3.8) is 0 Å². The average Bonchev–Trinajstić information content (AvgIpc) is 3.18. The number of nitrogens with zero attached hydrogens (tertiary/aromatic N) is 2. The molecule has 1 aliphatic rings. The van der Waals surface area contributed by atoms with Gasteiger partial charge in [0.05, 0.1) is 18.7 Å². The molecule has 2 N–H and O–H groups in total. The number of hydrogen-bond donors (Lipinski definition) is 2. The lowest BCUT2D eigenvalue weighted by Gasteiger charge is -2.26. The van der Waals surface area contributed by atoms with Crippen LogP contribution in [-0.4, -0.2) is 71.8 Å². The number of methoxy groups -OCH3 is 1. The van der Waals surface area contributed by atoms with Crippen molar-refractivity contribution in [1.29, 1.82) is 0 Å². The van der Waals surface area contributed by atoms with E-state index in [4.69, 9.17) is 4.74 Å². The Balaban J connectivity index is 2.23. The van der Waals surface area contributed by atoms with Crippen LogP contribution in [0.5, 0.6) is 0 Å². The quantitative estimate of drug-likeness (QED) is 0.308. The number of aryl methyl sites for hydroxylation is 1. The normalized spacial score (nSPS) is 18.0. The summed E-state index contributed by atoms with van der Waals surface area (Å²) in [6, 6.07) is 4.62. The number of rotatable bonds is 6. The summed E-state index contributed by atoms with van der Waals surface area (Å²) in [6.07, 6.45) is 0. The molecule has 0 bridgehead atoms. The van der Waals surface area contributed by atoms with Crippen molar-refractivity contribution in [2.45, 2.75) is 19.9 Å². The Morgan fingerprint density at radius 2 is 1.97 bits per heavy atom. The van der Waals surface area contributed by atoms with Gasteiger partial charge in [0.25, 0.3) is 11.7 Å². The molecule has 0 aliphatic carbocycles. The minimum absolute atomic E-state index is 0.135. The van der Waals surface area contributed by atoms with E-state index in [1.807, 2.05) is 19.0 Å². The predicted octanol–water partition coefficient (Wildman–Crippen LogP) is 2.54. The molecule has 1 amide bonds. The molecule has 0 saturated carbocycles. The number of likely N-dealkylation sites (tertiary alicyclic amines) is 1. The topological polar surface area (TPSA) is 103 Å². The molecule has 9 heteroatoms. The van der Waals surface area contributed by atoms with Crippen LogP contribution in [0, 0.1) is 19.7 Å². The van der Waals surface area contributed by atoms with Crippen LogP contribution < -0.4 is 0 Å². The van der Waals surface area contributed by atoms with Crippen molar-refractivity contribution in [2.75, 3.05) is 34.3 Å².